The highest BCUT2D eigenvalue weighted by Crippen LogP contribution is 2.23. The van der Waals surface area contributed by atoms with Crippen LogP contribution in [0.5, 0.6) is 5.75 Å². The number of nitrogens with zero attached hydrogens (tertiary/aromatic N) is 3. The van der Waals surface area contributed by atoms with E-state index in [1.807, 2.05) is 12.1 Å². The van der Waals surface area contributed by atoms with E-state index in [1.165, 1.54) is 18.9 Å². The molecule has 2 aromatic rings. The largest absolute Gasteiger partial charge is 0.435 e. The molecule has 0 saturated carbocycles. The zero-order valence-corrected chi connectivity index (χ0v) is 14.2. The van der Waals surface area contributed by atoms with Crippen LogP contribution < -0.4 is 15.0 Å². The van der Waals surface area contributed by atoms with Crippen LogP contribution in [0.3, 0.4) is 0 Å². The molecule has 0 spiro atoms. The molecular formula is C18H22F2N4O. The fourth-order valence-electron chi connectivity index (χ4n) is 3.04. The van der Waals surface area contributed by atoms with Crippen molar-refractivity contribution in [2.75, 3.05) is 23.3 Å². The van der Waals surface area contributed by atoms with Gasteiger partial charge in [-0.05, 0) is 36.5 Å². The minimum absolute atomic E-state index is 0.153. The van der Waals surface area contributed by atoms with Crippen molar-refractivity contribution in [2.24, 2.45) is 5.92 Å². The number of alkyl halides is 2. The zero-order chi connectivity index (χ0) is 17.6. The summed E-state index contributed by atoms with van der Waals surface area (Å²) in [7, 11) is 0. The predicted octanol–water partition coefficient (Wildman–Crippen LogP) is 3.93. The molecule has 1 fully saturated rings. The summed E-state index contributed by atoms with van der Waals surface area (Å²) < 4.78 is 29.0. The van der Waals surface area contributed by atoms with Gasteiger partial charge in [0.2, 0.25) is 0 Å². The van der Waals surface area contributed by atoms with Crippen LogP contribution in [0.15, 0.2) is 36.7 Å². The quantitative estimate of drug-likeness (QED) is 0.857. The van der Waals surface area contributed by atoms with Crippen molar-refractivity contribution >= 4 is 11.6 Å². The van der Waals surface area contributed by atoms with Crippen LogP contribution in [-0.4, -0.2) is 29.7 Å². The molecule has 1 aromatic carbocycles. The van der Waals surface area contributed by atoms with Gasteiger partial charge in [0.25, 0.3) is 0 Å². The van der Waals surface area contributed by atoms with Crippen LogP contribution in [0.4, 0.5) is 20.4 Å². The summed E-state index contributed by atoms with van der Waals surface area (Å²) in [6.07, 6.45) is 3.97. The first kappa shape index (κ1) is 17.4. The Morgan fingerprint density at radius 1 is 1.32 bits per heavy atom. The Balaban J connectivity index is 1.63. The standard InChI is InChI=1S/C18H22F2N4O/c1-13-4-3-7-24(11-13)17-9-16(22-12-23-17)21-10-14-5-2-6-15(8-14)25-18(19)20/h2,5-6,8-9,12-13,18H,3-4,7,10-11H2,1H3,(H,21,22,23). The third-order valence-electron chi connectivity index (χ3n) is 4.23. The van der Waals surface area contributed by atoms with Crippen molar-refractivity contribution < 1.29 is 13.5 Å². The molecule has 1 saturated heterocycles. The summed E-state index contributed by atoms with van der Waals surface area (Å²) in [4.78, 5) is 10.9. The SMILES string of the molecule is CC1CCCN(c2cc(NCc3cccc(OC(F)F)c3)ncn2)C1. The topological polar surface area (TPSA) is 50.3 Å². The van der Waals surface area contributed by atoms with E-state index in [0.29, 0.717) is 18.3 Å². The van der Waals surface area contributed by atoms with Crippen molar-refractivity contribution in [1.82, 2.24) is 9.97 Å². The van der Waals surface area contributed by atoms with Gasteiger partial charge < -0.3 is 15.0 Å². The van der Waals surface area contributed by atoms with E-state index >= 15 is 0 Å². The smallest absolute Gasteiger partial charge is 0.387 e. The molecule has 7 heteroatoms. The number of rotatable bonds is 6. The van der Waals surface area contributed by atoms with Gasteiger partial charge in [-0.1, -0.05) is 19.1 Å². The number of halogens is 2. The number of ether oxygens (including phenoxy) is 1. The molecule has 2 heterocycles. The summed E-state index contributed by atoms with van der Waals surface area (Å²) >= 11 is 0. The lowest BCUT2D eigenvalue weighted by molar-refractivity contribution is -0.0498. The van der Waals surface area contributed by atoms with Gasteiger partial charge >= 0.3 is 6.61 Å². The van der Waals surface area contributed by atoms with E-state index in [9.17, 15) is 8.78 Å². The predicted molar refractivity (Wildman–Crippen MR) is 93.0 cm³/mol. The minimum Gasteiger partial charge on any atom is -0.435 e. The Bertz CT molecular complexity index is 698. The van der Waals surface area contributed by atoms with E-state index in [0.717, 1.165) is 24.5 Å². The van der Waals surface area contributed by atoms with Crippen LogP contribution in [0, 0.1) is 5.92 Å². The molecule has 1 aromatic heterocycles. The van der Waals surface area contributed by atoms with Crippen LogP contribution >= 0.6 is 0 Å². The Kier molecular flexibility index (Phi) is 5.63. The second-order valence-corrected chi connectivity index (χ2v) is 6.33. The van der Waals surface area contributed by atoms with Gasteiger partial charge in [0.05, 0.1) is 0 Å². The maximum atomic E-state index is 12.3. The van der Waals surface area contributed by atoms with Gasteiger partial charge in [-0.3, -0.25) is 0 Å². The number of nitrogens with one attached hydrogen (secondary N) is 1. The second kappa shape index (κ2) is 8.09. The van der Waals surface area contributed by atoms with E-state index in [4.69, 9.17) is 0 Å². The average Bonchev–Trinajstić information content (AvgIpc) is 2.60. The fourth-order valence-corrected chi connectivity index (χ4v) is 3.04. The van der Waals surface area contributed by atoms with Gasteiger partial charge in [0, 0.05) is 25.7 Å². The molecular weight excluding hydrogens is 326 g/mol. The highest BCUT2D eigenvalue weighted by molar-refractivity contribution is 5.49. The van der Waals surface area contributed by atoms with Gasteiger partial charge in [0.1, 0.15) is 23.7 Å². The average molecular weight is 348 g/mol. The van der Waals surface area contributed by atoms with E-state index in [-0.39, 0.29) is 5.75 Å². The molecule has 1 unspecified atom stereocenters. The van der Waals surface area contributed by atoms with Crippen LogP contribution in [0.2, 0.25) is 0 Å². The molecule has 134 valence electrons. The summed E-state index contributed by atoms with van der Waals surface area (Å²) in [5.41, 5.74) is 0.838. The number of piperidine rings is 1. The number of benzene rings is 1. The molecule has 0 aliphatic carbocycles. The third kappa shape index (κ3) is 5.01. The zero-order valence-electron chi connectivity index (χ0n) is 14.2. The first-order valence-corrected chi connectivity index (χ1v) is 8.45. The molecule has 1 aliphatic heterocycles. The summed E-state index contributed by atoms with van der Waals surface area (Å²) in [5.74, 6) is 2.44. The summed E-state index contributed by atoms with van der Waals surface area (Å²) in [5, 5.41) is 3.21. The fraction of sp³-hybridized carbons (Fsp3) is 0.444. The Morgan fingerprint density at radius 2 is 2.20 bits per heavy atom. The summed E-state index contributed by atoms with van der Waals surface area (Å²) in [6, 6.07) is 8.57. The van der Waals surface area contributed by atoms with Crippen LogP contribution in [0.25, 0.3) is 0 Å². The maximum Gasteiger partial charge on any atom is 0.387 e. The first-order valence-electron chi connectivity index (χ1n) is 8.45. The van der Waals surface area contributed by atoms with Gasteiger partial charge in [-0.25, -0.2) is 9.97 Å². The highest BCUT2D eigenvalue weighted by Gasteiger charge is 2.17. The van der Waals surface area contributed by atoms with Crippen molar-refractivity contribution in [3.63, 3.8) is 0 Å². The number of hydrogen-bond acceptors (Lipinski definition) is 5. The molecule has 1 N–H and O–H groups in total. The van der Waals surface area contributed by atoms with Gasteiger partial charge in [-0.15, -0.1) is 0 Å². The normalized spacial score (nSPS) is 17.6. The molecule has 5 nitrogen and oxygen atoms in total. The van der Waals surface area contributed by atoms with E-state index < -0.39 is 6.61 Å². The van der Waals surface area contributed by atoms with Gasteiger partial charge in [-0.2, -0.15) is 8.78 Å². The van der Waals surface area contributed by atoms with Crippen molar-refractivity contribution in [3.05, 3.63) is 42.2 Å². The number of anilines is 2. The lowest BCUT2D eigenvalue weighted by atomic mass is 10.0. The lowest BCUT2D eigenvalue weighted by Crippen LogP contribution is -2.34. The molecule has 3 rings (SSSR count). The molecule has 1 atom stereocenters. The molecule has 0 radical (unpaired) electrons. The van der Waals surface area contributed by atoms with Crippen molar-refractivity contribution in [2.45, 2.75) is 32.9 Å². The Morgan fingerprint density at radius 3 is 3.00 bits per heavy atom. The maximum absolute atomic E-state index is 12.3. The van der Waals surface area contributed by atoms with Crippen LogP contribution in [-0.2, 0) is 6.54 Å². The number of hydrogen-bond donors (Lipinski definition) is 1. The third-order valence-corrected chi connectivity index (χ3v) is 4.23. The Hall–Kier alpha value is -2.44. The number of aromatic nitrogens is 2. The lowest BCUT2D eigenvalue weighted by Gasteiger charge is -2.31. The molecule has 0 bridgehead atoms. The molecule has 25 heavy (non-hydrogen) atoms. The monoisotopic (exact) mass is 348 g/mol. The van der Waals surface area contributed by atoms with Crippen molar-refractivity contribution in [1.29, 1.82) is 0 Å². The summed E-state index contributed by atoms with van der Waals surface area (Å²) in [6.45, 7) is 1.91. The molecule has 1 aliphatic rings. The first-order chi connectivity index (χ1) is 12.1. The van der Waals surface area contributed by atoms with Crippen LogP contribution in [0.1, 0.15) is 25.3 Å². The highest BCUT2D eigenvalue weighted by atomic mass is 19.3. The van der Waals surface area contributed by atoms with Crippen molar-refractivity contribution in [3.8, 4) is 5.75 Å². The van der Waals surface area contributed by atoms with Gasteiger partial charge in [0.15, 0.2) is 0 Å². The molecule has 0 amide bonds. The minimum atomic E-state index is -2.82. The Labute approximate surface area is 146 Å². The van der Waals surface area contributed by atoms with E-state index in [2.05, 4.69) is 31.8 Å². The van der Waals surface area contributed by atoms with E-state index in [1.54, 1.807) is 18.5 Å². The second-order valence-electron chi connectivity index (χ2n) is 6.33.